The highest BCUT2D eigenvalue weighted by atomic mass is 35.5. The lowest BCUT2D eigenvalue weighted by atomic mass is 10.2. The fraction of sp³-hybridized carbons (Fsp3) is 0.562. The second-order valence-electron chi connectivity index (χ2n) is 5.68. The molecule has 1 aromatic heterocycles. The van der Waals surface area contributed by atoms with Gasteiger partial charge in [0, 0.05) is 6.20 Å². The van der Waals surface area contributed by atoms with E-state index in [1.807, 2.05) is 6.26 Å². The number of thioether (sulfide) groups is 2. The molecule has 0 saturated heterocycles. The summed E-state index contributed by atoms with van der Waals surface area (Å²) in [5, 5.41) is 2.49. The van der Waals surface area contributed by atoms with E-state index in [1.165, 1.54) is 11.8 Å². The fourth-order valence-corrected chi connectivity index (χ4v) is 3.33. The molecule has 0 aliphatic carbocycles. The average Bonchev–Trinajstić information content (AvgIpc) is 2.55. The van der Waals surface area contributed by atoms with Crippen molar-refractivity contribution in [2.75, 3.05) is 17.8 Å². The summed E-state index contributed by atoms with van der Waals surface area (Å²) in [5.74, 6) is -0.493. The molecule has 0 fully saturated rings. The van der Waals surface area contributed by atoms with Gasteiger partial charge in [0.2, 0.25) is 5.91 Å². The molecule has 5 nitrogen and oxygen atoms in total. The van der Waals surface area contributed by atoms with Crippen LogP contribution in [-0.4, -0.2) is 46.8 Å². The molecule has 1 heterocycles. The number of pyridine rings is 1. The molecule has 1 aromatic rings. The highest BCUT2D eigenvalue weighted by Crippen LogP contribution is 2.33. The normalized spacial score (nSPS) is 12.7. The second kappa shape index (κ2) is 11.0. The molecule has 0 radical (unpaired) electrons. The zero-order valence-corrected chi connectivity index (χ0v) is 17.3. The highest BCUT2D eigenvalue weighted by Gasteiger charge is 2.31. The minimum absolute atomic E-state index is 0.102. The Morgan fingerprint density at radius 3 is 2.56 bits per heavy atom. The number of ether oxygens (including phenoxy) is 1. The molecule has 1 amide bonds. The van der Waals surface area contributed by atoms with Crippen molar-refractivity contribution in [3.05, 3.63) is 22.8 Å². The fourth-order valence-electron chi connectivity index (χ4n) is 1.86. The summed E-state index contributed by atoms with van der Waals surface area (Å²) in [6.45, 7) is 3.42. The first-order valence-corrected chi connectivity index (χ1v) is 10.6. The molecule has 1 atom stereocenters. The molecular weight excluding hydrogens is 425 g/mol. The minimum atomic E-state index is -4.54. The first-order chi connectivity index (χ1) is 12.5. The van der Waals surface area contributed by atoms with E-state index in [4.69, 9.17) is 16.3 Å². The van der Waals surface area contributed by atoms with Crippen molar-refractivity contribution in [2.24, 2.45) is 0 Å². The van der Waals surface area contributed by atoms with E-state index in [1.54, 1.807) is 13.8 Å². The van der Waals surface area contributed by atoms with Crippen LogP contribution in [0, 0.1) is 0 Å². The minimum Gasteiger partial charge on any atom is -0.461 e. The van der Waals surface area contributed by atoms with Gasteiger partial charge in [-0.05, 0) is 38.3 Å². The Balaban J connectivity index is 2.67. The van der Waals surface area contributed by atoms with Gasteiger partial charge in [-0.3, -0.25) is 4.79 Å². The molecule has 152 valence electrons. The largest absolute Gasteiger partial charge is 0.461 e. The third kappa shape index (κ3) is 8.61. The van der Waals surface area contributed by atoms with Crippen LogP contribution in [0.3, 0.4) is 0 Å². The summed E-state index contributed by atoms with van der Waals surface area (Å²) < 4.78 is 43.0. The van der Waals surface area contributed by atoms with Gasteiger partial charge in [-0.15, -0.1) is 0 Å². The number of alkyl halides is 3. The van der Waals surface area contributed by atoms with Crippen LogP contribution in [0.4, 0.5) is 13.2 Å². The summed E-state index contributed by atoms with van der Waals surface area (Å²) in [4.78, 5) is 27.8. The van der Waals surface area contributed by atoms with Crippen LogP contribution in [0.25, 0.3) is 0 Å². The molecule has 0 aliphatic heterocycles. The number of nitrogens with zero attached hydrogens (tertiary/aromatic N) is 1. The summed E-state index contributed by atoms with van der Waals surface area (Å²) in [6, 6.07) is -0.0280. The molecule has 11 heteroatoms. The molecule has 0 saturated carbocycles. The van der Waals surface area contributed by atoms with Crippen molar-refractivity contribution in [3.63, 3.8) is 0 Å². The van der Waals surface area contributed by atoms with Crippen molar-refractivity contribution in [1.82, 2.24) is 10.3 Å². The molecule has 0 aromatic carbocycles. The van der Waals surface area contributed by atoms with Gasteiger partial charge in [0.05, 0.1) is 22.4 Å². The number of hydrogen-bond donors (Lipinski definition) is 1. The van der Waals surface area contributed by atoms with E-state index in [9.17, 15) is 22.8 Å². The molecule has 0 bridgehead atoms. The number of aromatic nitrogens is 1. The number of amides is 1. The number of carbonyl (C=O) groups is 2. The standard InChI is InChI=1S/C16H20ClF3N2O3S2/c1-9(2)25-15(24)12(4-5-26-3)22-13(23)8-27-14-11(17)6-10(7-21-14)16(18,19)20/h6-7,9,12H,4-5,8H2,1-3H3,(H,22,23). The zero-order valence-electron chi connectivity index (χ0n) is 14.9. The quantitative estimate of drug-likeness (QED) is 0.458. The molecule has 0 aliphatic rings. The summed E-state index contributed by atoms with van der Waals surface area (Å²) in [7, 11) is 0. The number of carbonyl (C=O) groups excluding carboxylic acids is 2. The van der Waals surface area contributed by atoms with E-state index in [0.29, 0.717) is 18.4 Å². The van der Waals surface area contributed by atoms with E-state index in [0.717, 1.165) is 17.8 Å². The van der Waals surface area contributed by atoms with Gasteiger partial charge in [0.1, 0.15) is 11.1 Å². The Morgan fingerprint density at radius 2 is 2.04 bits per heavy atom. The lowest BCUT2D eigenvalue weighted by molar-refractivity contribution is -0.151. The number of halogens is 4. The smallest absolute Gasteiger partial charge is 0.417 e. The van der Waals surface area contributed by atoms with Crippen molar-refractivity contribution in [3.8, 4) is 0 Å². The summed E-state index contributed by atoms with van der Waals surface area (Å²) in [6.07, 6.45) is -1.91. The SMILES string of the molecule is CSCCC(NC(=O)CSc1ncc(C(F)(F)F)cc1Cl)C(=O)OC(C)C. The van der Waals surface area contributed by atoms with Gasteiger partial charge < -0.3 is 10.1 Å². The Bertz CT molecular complexity index is 660. The van der Waals surface area contributed by atoms with Crippen LogP contribution in [0.15, 0.2) is 17.3 Å². The topological polar surface area (TPSA) is 68.3 Å². The van der Waals surface area contributed by atoms with Crippen LogP contribution in [0.1, 0.15) is 25.8 Å². The number of esters is 1. The first-order valence-electron chi connectivity index (χ1n) is 7.89. The Labute approximate surface area is 169 Å². The second-order valence-corrected chi connectivity index (χ2v) is 8.04. The summed E-state index contributed by atoms with van der Waals surface area (Å²) in [5.41, 5.74) is -0.963. The Morgan fingerprint density at radius 1 is 1.37 bits per heavy atom. The van der Waals surface area contributed by atoms with Crippen LogP contribution in [-0.2, 0) is 20.5 Å². The van der Waals surface area contributed by atoms with Gasteiger partial charge in [0.15, 0.2) is 0 Å². The van der Waals surface area contributed by atoms with E-state index in [2.05, 4.69) is 10.3 Å². The van der Waals surface area contributed by atoms with Gasteiger partial charge in [0.25, 0.3) is 0 Å². The predicted molar refractivity (Wildman–Crippen MR) is 101 cm³/mol. The first kappa shape index (κ1) is 23.9. The number of rotatable bonds is 9. The Hall–Kier alpha value is -1.13. The maximum absolute atomic E-state index is 12.6. The van der Waals surface area contributed by atoms with Gasteiger partial charge in [-0.1, -0.05) is 23.4 Å². The predicted octanol–water partition coefficient (Wildman–Crippen LogP) is 4.04. The van der Waals surface area contributed by atoms with Crippen LogP contribution < -0.4 is 5.32 Å². The molecule has 0 spiro atoms. The third-order valence-electron chi connectivity index (χ3n) is 3.06. The maximum Gasteiger partial charge on any atom is 0.417 e. The molecule has 27 heavy (non-hydrogen) atoms. The van der Waals surface area contributed by atoms with E-state index in [-0.39, 0.29) is 21.9 Å². The lowest BCUT2D eigenvalue weighted by Crippen LogP contribution is -2.43. The van der Waals surface area contributed by atoms with E-state index >= 15 is 0 Å². The molecule has 1 unspecified atom stereocenters. The molecule has 1 rings (SSSR count). The van der Waals surface area contributed by atoms with Crippen LogP contribution >= 0.6 is 35.1 Å². The van der Waals surface area contributed by atoms with Crippen molar-refractivity contribution in [1.29, 1.82) is 0 Å². The Kier molecular flexibility index (Phi) is 9.75. The summed E-state index contributed by atoms with van der Waals surface area (Å²) >= 11 is 8.22. The van der Waals surface area contributed by atoms with Crippen LogP contribution in [0.2, 0.25) is 5.02 Å². The average molecular weight is 445 g/mol. The highest BCUT2D eigenvalue weighted by molar-refractivity contribution is 8.00. The molecular formula is C16H20ClF3N2O3S2. The monoisotopic (exact) mass is 444 g/mol. The third-order valence-corrected chi connectivity index (χ3v) is 5.11. The van der Waals surface area contributed by atoms with E-state index < -0.39 is 29.7 Å². The number of nitrogens with one attached hydrogen (secondary N) is 1. The van der Waals surface area contributed by atoms with Gasteiger partial charge in [-0.25, -0.2) is 9.78 Å². The molecule has 1 N–H and O–H groups in total. The van der Waals surface area contributed by atoms with Gasteiger partial charge in [-0.2, -0.15) is 24.9 Å². The number of hydrogen-bond acceptors (Lipinski definition) is 6. The van der Waals surface area contributed by atoms with Crippen molar-refractivity contribution >= 4 is 47.0 Å². The zero-order chi connectivity index (χ0) is 20.6. The van der Waals surface area contributed by atoms with Gasteiger partial charge >= 0.3 is 12.1 Å². The van der Waals surface area contributed by atoms with Crippen LogP contribution in [0.5, 0.6) is 0 Å². The van der Waals surface area contributed by atoms with Crippen molar-refractivity contribution in [2.45, 2.75) is 43.6 Å². The lowest BCUT2D eigenvalue weighted by Gasteiger charge is -2.18. The maximum atomic E-state index is 12.6. The van der Waals surface area contributed by atoms with Crippen molar-refractivity contribution < 1.29 is 27.5 Å².